The molecule has 7 heteroatoms. The Morgan fingerprint density at radius 2 is 2.19 bits per heavy atom. The van der Waals surface area contributed by atoms with Crippen LogP contribution >= 0.6 is 11.5 Å². The topological polar surface area (TPSA) is 92.9 Å². The summed E-state index contributed by atoms with van der Waals surface area (Å²) in [4.78, 5) is 15.4. The zero-order valence-corrected chi connectivity index (χ0v) is 10.5. The molecular formula is C9H17N5OS. The smallest absolute Gasteiger partial charge is 0.233 e. The first-order valence-corrected chi connectivity index (χ1v) is 5.78. The summed E-state index contributed by atoms with van der Waals surface area (Å²) in [5.41, 5.74) is 5.17. The first kappa shape index (κ1) is 12.7. The highest BCUT2D eigenvalue weighted by atomic mass is 32.1. The van der Waals surface area contributed by atoms with Gasteiger partial charge in [0.15, 0.2) is 0 Å². The van der Waals surface area contributed by atoms with Gasteiger partial charge in [0.2, 0.25) is 17.0 Å². The van der Waals surface area contributed by atoms with Crippen LogP contribution in [0.1, 0.15) is 27.2 Å². The number of nitrogens with two attached hydrogens (primary N) is 1. The highest BCUT2D eigenvalue weighted by molar-refractivity contribution is 7.09. The summed E-state index contributed by atoms with van der Waals surface area (Å²) < 4.78 is 3.82. The number of anilines is 2. The predicted octanol–water partition coefficient (Wildman–Crippen LogP) is 0.837. The van der Waals surface area contributed by atoms with Gasteiger partial charge in [0.25, 0.3) is 0 Å². The summed E-state index contributed by atoms with van der Waals surface area (Å²) in [6.45, 7) is 6.37. The van der Waals surface area contributed by atoms with E-state index in [1.165, 1.54) is 11.5 Å². The lowest BCUT2D eigenvalue weighted by atomic mass is 10.1. The quantitative estimate of drug-likeness (QED) is 0.728. The molecule has 0 bridgehead atoms. The lowest BCUT2D eigenvalue weighted by Crippen LogP contribution is -2.41. The van der Waals surface area contributed by atoms with E-state index in [2.05, 4.69) is 20.0 Å². The average molecular weight is 243 g/mol. The van der Waals surface area contributed by atoms with E-state index < -0.39 is 0 Å². The molecule has 90 valence electrons. The van der Waals surface area contributed by atoms with Crippen molar-refractivity contribution in [2.75, 3.05) is 17.6 Å². The first-order chi connectivity index (χ1) is 7.37. The van der Waals surface area contributed by atoms with E-state index >= 15 is 0 Å². The van der Waals surface area contributed by atoms with Crippen molar-refractivity contribution in [2.45, 2.75) is 32.7 Å². The molecule has 0 aliphatic carbocycles. The summed E-state index contributed by atoms with van der Waals surface area (Å²) in [5.74, 6) is 0.268. The van der Waals surface area contributed by atoms with Gasteiger partial charge in [-0.3, -0.25) is 4.79 Å². The third-order valence-corrected chi connectivity index (χ3v) is 2.27. The van der Waals surface area contributed by atoms with Crippen LogP contribution in [0.3, 0.4) is 0 Å². The molecule has 0 atom stereocenters. The predicted molar refractivity (Wildman–Crippen MR) is 65.3 cm³/mol. The molecule has 1 aromatic rings. The van der Waals surface area contributed by atoms with E-state index in [0.29, 0.717) is 18.1 Å². The Balaban J connectivity index is 2.23. The second-order valence-electron chi connectivity index (χ2n) is 4.43. The lowest BCUT2D eigenvalue weighted by Gasteiger charge is -2.20. The van der Waals surface area contributed by atoms with Crippen molar-refractivity contribution in [3.05, 3.63) is 0 Å². The van der Waals surface area contributed by atoms with E-state index in [1.54, 1.807) is 0 Å². The van der Waals surface area contributed by atoms with Gasteiger partial charge in [0, 0.05) is 30.0 Å². The molecule has 0 aromatic carbocycles. The number of aromatic nitrogens is 2. The number of nitrogens with one attached hydrogen (secondary N) is 2. The van der Waals surface area contributed by atoms with Gasteiger partial charge in [-0.15, -0.1) is 0 Å². The number of carbonyl (C=O) groups excluding carboxylic acids is 1. The molecule has 0 fully saturated rings. The Bertz CT molecular complexity index is 357. The Morgan fingerprint density at radius 3 is 2.69 bits per heavy atom. The second-order valence-corrected chi connectivity index (χ2v) is 5.18. The van der Waals surface area contributed by atoms with Crippen LogP contribution in [-0.2, 0) is 4.79 Å². The van der Waals surface area contributed by atoms with Crippen molar-refractivity contribution in [1.82, 2.24) is 14.7 Å². The molecule has 0 radical (unpaired) electrons. The molecule has 0 spiro atoms. The van der Waals surface area contributed by atoms with Crippen LogP contribution in [0, 0.1) is 0 Å². The number of hydrogen-bond donors (Lipinski definition) is 3. The highest BCUT2D eigenvalue weighted by Crippen LogP contribution is 2.11. The minimum absolute atomic E-state index is 0.0116. The zero-order valence-electron chi connectivity index (χ0n) is 9.70. The fraction of sp³-hybridized carbons (Fsp3) is 0.667. The Labute approximate surface area is 98.8 Å². The van der Waals surface area contributed by atoms with Gasteiger partial charge in [-0.1, -0.05) is 0 Å². The number of amides is 1. The average Bonchev–Trinajstić information content (AvgIpc) is 2.48. The van der Waals surface area contributed by atoms with Crippen LogP contribution in [0.2, 0.25) is 0 Å². The largest absolute Gasteiger partial charge is 0.367 e. The second kappa shape index (κ2) is 5.11. The van der Waals surface area contributed by atoms with E-state index in [9.17, 15) is 4.79 Å². The molecule has 0 saturated heterocycles. The number of hydrogen-bond acceptors (Lipinski definition) is 6. The highest BCUT2D eigenvalue weighted by Gasteiger charge is 2.13. The van der Waals surface area contributed by atoms with Crippen LogP contribution in [0.15, 0.2) is 0 Å². The van der Waals surface area contributed by atoms with Crippen LogP contribution < -0.4 is 16.4 Å². The van der Waals surface area contributed by atoms with Crippen molar-refractivity contribution < 1.29 is 4.79 Å². The van der Waals surface area contributed by atoms with Gasteiger partial charge in [0.05, 0.1) is 0 Å². The summed E-state index contributed by atoms with van der Waals surface area (Å²) in [5, 5.41) is 6.50. The number of rotatable bonds is 4. The monoisotopic (exact) mass is 243 g/mol. The Morgan fingerprint density at radius 1 is 1.50 bits per heavy atom. The lowest BCUT2D eigenvalue weighted by molar-refractivity contribution is -0.122. The van der Waals surface area contributed by atoms with Crippen molar-refractivity contribution in [3.63, 3.8) is 0 Å². The van der Waals surface area contributed by atoms with Gasteiger partial charge >= 0.3 is 0 Å². The maximum Gasteiger partial charge on any atom is 0.233 e. The normalized spacial score (nSPS) is 11.2. The zero-order chi connectivity index (χ0) is 12.2. The van der Waals surface area contributed by atoms with Gasteiger partial charge in [-0.05, 0) is 20.8 Å². The molecule has 1 rings (SSSR count). The minimum atomic E-state index is -0.190. The van der Waals surface area contributed by atoms with E-state index in [4.69, 9.17) is 5.73 Å². The van der Waals surface area contributed by atoms with Gasteiger partial charge < -0.3 is 16.4 Å². The SMILES string of the molecule is CC(C)(C)NC(=O)CCNc1nc(N)ns1. The Kier molecular flexibility index (Phi) is 4.05. The fourth-order valence-corrected chi connectivity index (χ4v) is 1.59. The summed E-state index contributed by atoms with van der Waals surface area (Å²) >= 11 is 1.19. The van der Waals surface area contributed by atoms with E-state index in [-0.39, 0.29) is 17.4 Å². The molecule has 1 amide bonds. The Hall–Kier alpha value is -1.37. The number of carbonyl (C=O) groups is 1. The van der Waals surface area contributed by atoms with Gasteiger partial charge in [-0.2, -0.15) is 9.36 Å². The third kappa shape index (κ3) is 4.92. The summed E-state index contributed by atoms with van der Waals surface area (Å²) in [6.07, 6.45) is 0.400. The molecule has 0 unspecified atom stereocenters. The number of nitrogen functional groups attached to an aromatic ring is 1. The molecule has 1 heterocycles. The van der Waals surface area contributed by atoms with Crippen molar-refractivity contribution in [3.8, 4) is 0 Å². The van der Waals surface area contributed by atoms with Gasteiger partial charge in [-0.25, -0.2) is 0 Å². The number of nitrogens with zero attached hydrogens (tertiary/aromatic N) is 2. The van der Waals surface area contributed by atoms with Crippen LogP contribution in [0.25, 0.3) is 0 Å². The van der Waals surface area contributed by atoms with Crippen molar-refractivity contribution in [2.24, 2.45) is 0 Å². The van der Waals surface area contributed by atoms with E-state index in [0.717, 1.165) is 0 Å². The van der Waals surface area contributed by atoms with Crippen LogP contribution in [-0.4, -0.2) is 27.3 Å². The molecule has 0 aliphatic rings. The van der Waals surface area contributed by atoms with Crippen LogP contribution in [0.4, 0.5) is 11.1 Å². The molecular weight excluding hydrogens is 226 g/mol. The fourth-order valence-electron chi connectivity index (χ4n) is 1.07. The molecule has 4 N–H and O–H groups in total. The molecule has 16 heavy (non-hydrogen) atoms. The van der Waals surface area contributed by atoms with Crippen LogP contribution in [0.5, 0.6) is 0 Å². The molecule has 0 saturated carbocycles. The first-order valence-electron chi connectivity index (χ1n) is 5.01. The minimum Gasteiger partial charge on any atom is -0.367 e. The summed E-state index contributed by atoms with van der Waals surface area (Å²) in [6, 6.07) is 0. The molecule has 1 aromatic heterocycles. The third-order valence-electron chi connectivity index (χ3n) is 1.58. The maximum atomic E-state index is 11.4. The molecule has 6 nitrogen and oxygen atoms in total. The van der Waals surface area contributed by atoms with Crippen molar-refractivity contribution in [1.29, 1.82) is 0 Å². The van der Waals surface area contributed by atoms with Gasteiger partial charge in [0.1, 0.15) is 0 Å². The van der Waals surface area contributed by atoms with E-state index in [1.807, 2.05) is 20.8 Å². The summed E-state index contributed by atoms with van der Waals surface area (Å²) in [7, 11) is 0. The molecule has 0 aliphatic heterocycles. The standard InChI is InChI=1S/C9H17N5OS/c1-9(2,3)13-6(15)4-5-11-8-12-7(10)14-16-8/h4-5H2,1-3H3,(H,13,15)(H3,10,11,12,14). The van der Waals surface area contributed by atoms with Crippen molar-refractivity contribution >= 4 is 28.5 Å². The maximum absolute atomic E-state index is 11.4.